The van der Waals surface area contributed by atoms with Crippen molar-refractivity contribution >= 4 is 47.8 Å². The fraction of sp³-hybridized carbons (Fsp3) is 0.500. The molecule has 88 valence electrons. The number of alkyl halides is 1. The number of hydrogen-bond donors (Lipinski definition) is 0. The molecular formula is C12H13Br3O. The lowest BCUT2D eigenvalue weighted by atomic mass is 9.86. The zero-order chi connectivity index (χ0) is 11.5. The van der Waals surface area contributed by atoms with E-state index in [1.165, 1.54) is 24.8 Å². The second kappa shape index (κ2) is 5.87. The predicted octanol–water partition coefficient (Wildman–Crippen LogP) is 5.29. The van der Waals surface area contributed by atoms with Crippen LogP contribution in [0.5, 0.6) is 5.75 Å². The fourth-order valence-corrected chi connectivity index (χ4v) is 3.52. The van der Waals surface area contributed by atoms with Gasteiger partial charge in [-0.25, -0.2) is 0 Å². The molecule has 0 saturated heterocycles. The summed E-state index contributed by atoms with van der Waals surface area (Å²) in [7, 11) is 0. The van der Waals surface area contributed by atoms with E-state index in [2.05, 4.69) is 59.9 Å². The third kappa shape index (κ3) is 3.02. The molecule has 0 N–H and O–H groups in total. The van der Waals surface area contributed by atoms with Crippen LogP contribution in [0.15, 0.2) is 21.1 Å². The van der Waals surface area contributed by atoms with E-state index in [1.807, 2.05) is 0 Å². The van der Waals surface area contributed by atoms with Gasteiger partial charge >= 0.3 is 0 Å². The topological polar surface area (TPSA) is 9.23 Å². The van der Waals surface area contributed by atoms with Crippen molar-refractivity contribution in [3.63, 3.8) is 0 Å². The highest BCUT2D eigenvalue weighted by molar-refractivity contribution is 9.11. The van der Waals surface area contributed by atoms with Gasteiger partial charge in [0.05, 0.1) is 15.6 Å². The maximum atomic E-state index is 5.86. The lowest BCUT2D eigenvalue weighted by molar-refractivity contribution is 0.179. The van der Waals surface area contributed by atoms with Crippen molar-refractivity contribution in [2.75, 3.05) is 6.61 Å². The molecule has 1 aliphatic rings. The maximum absolute atomic E-state index is 5.86. The SMILES string of the molecule is BrCc1cc(Br)c(OCC2CCC2)c(Br)c1. The van der Waals surface area contributed by atoms with E-state index in [9.17, 15) is 0 Å². The van der Waals surface area contributed by atoms with E-state index in [0.29, 0.717) is 0 Å². The van der Waals surface area contributed by atoms with Gasteiger partial charge in [-0.2, -0.15) is 0 Å². The van der Waals surface area contributed by atoms with Crippen LogP contribution in [0, 0.1) is 5.92 Å². The van der Waals surface area contributed by atoms with Crippen LogP contribution in [0.3, 0.4) is 0 Å². The van der Waals surface area contributed by atoms with Crippen LogP contribution in [0.2, 0.25) is 0 Å². The lowest BCUT2D eigenvalue weighted by Gasteiger charge is -2.25. The Hall–Kier alpha value is 0.460. The minimum atomic E-state index is 0.759. The molecule has 2 rings (SSSR count). The highest BCUT2D eigenvalue weighted by atomic mass is 79.9. The van der Waals surface area contributed by atoms with Crippen molar-refractivity contribution in [3.8, 4) is 5.75 Å². The molecule has 1 fully saturated rings. The Morgan fingerprint density at radius 3 is 2.25 bits per heavy atom. The largest absolute Gasteiger partial charge is 0.491 e. The number of halogens is 3. The molecule has 0 unspecified atom stereocenters. The van der Waals surface area contributed by atoms with Crippen molar-refractivity contribution in [3.05, 3.63) is 26.6 Å². The molecule has 0 heterocycles. The second-order valence-electron chi connectivity index (χ2n) is 4.13. The van der Waals surface area contributed by atoms with E-state index in [-0.39, 0.29) is 0 Å². The Bertz CT molecular complexity index is 352. The number of benzene rings is 1. The van der Waals surface area contributed by atoms with E-state index >= 15 is 0 Å². The molecule has 1 aliphatic carbocycles. The van der Waals surface area contributed by atoms with Gasteiger partial charge in [-0.3, -0.25) is 0 Å². The minimum absolute atomic E-state index is 0.759. The van der Waals surface area contributed by atoms with Gasteiger partial charge in [0.1, 0.15) is 5.75 Å². The summed E-state index contributed by atoms with van der Waals surface area (Å²) in [6, 6.07) is 4.19. The van der Waals surface area contributed by atoms with Crippen molar-refractivity contribution in [2.24, 2.45) is 5.92 Å². The third-order valence-electron chi connectivity index (χ3n) is 2.90. The van der Waals surface area contributed by atoms with Gasteiger partial charge in [-0.05, 0) is 68.3 Å². The van der Waals surface area contributed by atoms with Crippen LogP contribution in [-0.4, -0.2) is 6.61 Å². The quantitative estimate of drug-likeness (QED) is 0.611. The van der Waals surface area contributed by atoms with Crippen LogP contribution in [0.25, 0.3) is 0 Å². The molecule has 4 heteroatoms. The molecule has 1 saturated carbocycles. The Morgan fingerprint density at radius 2 is 1.81 bits per heavy atom. The first-order valence-electron chi connectivity index (χ1n) is 5.37. The average Bonchev–Trinajstić information content (AvgIpc) is 2.19. The summed E-state index contributed by atoms with van der Waals surface area (Å²) < 4.78 is 7.91. The number of hydrogen-bond acceptors (Lipinski definition) is 1. The van der Waals surface area contributed by atoms with E-state index in [0.717, 1.165) is 32.5 Å². The first kappa shape index (κ1) is 12.9. The molecule has 0 bridgehead atoms. The smallest absolute Gasteiger partial charge is 0.147 e. The molecule has 0 aliphatic heterocycles. The van der Waals surface area contributed by atoms with Gasteiger partial charge in [-0.1, -0.05) is 22.4 Å². The van der Waals surface area contributed by atoms with Gasteiger partial charge in [0.15, 0.2) is 0 Å². The van der Waals surface area contributed by atoms with Gasteiger partial charge in [0.25, 0.3) is 0 Å². The fourth-order valence-electron chi connectivity index (χ4n) is 1.69. The highest BCUT2D eigenvalue weighted by Crippen LogP contribution is 2.36. The van der Waals surface area contributed by atoms with Crippen LogP contribution in [0.4, 0.5) is 0 Å². The van der Waals surface area contributed by atoms with Crippen LogP contribution < -0.4 is 4.74 Å². The van der Waals surface area contributed by atoms with Crippen molar-refractivity contribution < 1.29 is 4.74 Å². The molecule has 1 aromatic rings. The average molecular weight is 413 g/mol. The second-order valence-corrected chi connectivity index (χ2v) is 6.40. The summed E-state index contributed by atoms with van der Waals surface area (Å²) in [5.41, 5.74) is 1.23. The standard InChI is InChI=1S/C12H13Br3O/c13-6-9-4-10(14)12(11(15)5-9)16-7-8-2-1-3-8/h4-5,8H,1-3,6-7H2. The maximum Gasteiger partial charge on any atom is 0.147 e. The first-order valence-corrected chi connectivity index (χ1v) is 8.08. The monoisotopic (exact) mass is 410 g/mol. The van der Waals surface area contributed by atoms with E-state index in [4.69, 9.17) is 4.74 Å². The number of rotatable bonds is 4. The number of ether oxygens (including phenoxy) is 1. The van der Waals surface area contributed by atoms with Gasteiger partial charge in [-0.15, -0.1) is 0 Å². The van der Waals surface area contributed by atoms with Crippen molar-refractivity contribution in [1.29, 1.82) is 0 Å². The zero-order valence-electron chi connectivity index (χ0n) is 8.81. The van der Waals surface area contributed by atoms with Gasteiger partial charge in [0, 0.05) is 5.33 Å². The minimum Gasteiger partial charge on any atom is -0.491 e. The summed E-state index contributed by atoms with van der Waals surface area (Å²) in [4.78, 5) is 0. The molecule has 1 nitrogen and oxygen atoms in total. The first-order chi connectivity index (χ1) is 7.70. The molecule has 16 heavy (non-hydrogen) atoms. The molecule has 1 aromatic carbocycles. The van der Waals surface area contributed by atoms with Crippen LogP contribution >= 0.6 is 47.8 Å². The highest BCUT2D eigenvalue weighted by Gasteiger charge is 2.19. The Morgan fingerprint density at radius 1 is 1.19 bits per heavy atom. The summed E-state index contributed by atoms with van der Waals surface area (Å²) in [6.45, 7) is 0.838. The van der Waals surface area contributed by atoms with E-state index in [1.54, 1.807) is 0 Å². The molecule has 0 radical (unpaired) electrons. The Balaban J connectivity index is 2.06. The molecular weight excluding hydrogens is 400 g/mol. The summed E-state index contributed by atoms with van der Waals surface area (Å²) in [5, 5.41) is 0.854. The normalized spacial score (nSPS) is 15.9. The summed E-state index contributed by atoms with van der Waals surface area (Å²) in [6.07, 6.45) is 3.99. The van der Waals surface area contributed by atoms with Gasteiger partial charge < -0.3 is 4.74 Å². The van der Waals surface area contributed by atoms with Crippen LogP contribution in [0.1, 0.15) is 24.8 Å². The van der Waals surface area contributed by atoms with Crippen molar-refractivity contribution in [2.45, 2.75) is 24.6 Å². The zero-order valence-corrected chi connectivity index (χ0v) is 13.6. The molecule has 0 spiro atoms. The predicted molar refractivity (Wildman–Crippen MR) is 77.3 cm³/mol. The molecule has 0 aromatic heterocycles. The van der Waals surface area contributed by atoms with Crippen molar-refractivity contribution in [1.82, 2.24) is 0 Å². The van der Waals surface area contributed by atoms with E-state index < -0.39 is 0 Å². The third-order valence-corrected chi connectivity index (χ3v) is 4.73. The Labute approximate surface area is 121 Å². The Kier molecular flexibility index (Phi) is 4.74. The molecule has 0 amide bonds. The lowest BCUT2D eigenvalue weighted by Crippen LogP contribution is -2.19. The summed E-state index contributed by atoms with van der Waals surface area (Å²) in [5.74, 6) is 1.69. The summed E-state index contributed by atoms with van der Waals surface area (Å²) >= 11 is 10.6. The van der Waals surface area contributed by atoms with Crippen LogP contribution in [-0.2, 0) is 5.33 Å². The van der Waals surface area contributed by atoms with Gasteiger partial charge in [0.2, 0.25) is 0 Å². The molecule has 0 atom stereocenters.